The molecule has 1 fully saturated rings. The van der Waals surface area contributed by atoms with E-state index in [0.717, 1.165) is 44.9 Å². The zero-order valence-corrected chi connectivity index (χ0v) is 10.1. The van der Waals surface area contributed by atoms with Crippen LogP contribution in [-0.4, -0.2) is 14.0 Å². The molecule has 90 valence electrons. The van der Waals surface area contributed by atoms with Crippen LogP contribution in [0.2, 0.25) is 0 Å². The quantitative estimate of drug-likeness (QED) is 0.437. The summed E-state index contributed by atoms with van der Waals surface area (Å²) in [5.41, 5.74) is -0.344. The molecule has 0 N–H and O–H groups in total. The summed E-state index contributed by atoms with van der Waals surface area (Å²) in [7, 11) is -2.89. The van der Waals surface area contributed by atoms with Crippen LogP contribution in [0.3, 0.4) is 0 Å². The Bertz CT molecular complexity index is 236. The van der Waals surface area contributed by atoms with E-state index in [1.807, 2.05) is 0 Å². The molecule has 0 atom stereocenters. The molecule has 0 bridgehead atoms. The molecule has 0 aliphatic heterocycles. The summed E-state index contributed by atoms with van der Waals surface area (Å²) < 4.78 is 25.0. The Morgan fingerprint density at radius 3 is 2.40 bits per heavy atom. The predicted octanol–water partition coefficient (Wildman–Crippen LogP) is 2.35. The first kappa shape index (κ1) is 12.9. The molecule has 0 unspecified atom stereocenters. The van der Waals surface area contributed by atoms with Gasteiger partial charge in [0.05, 0.1) is 0 Å². The summed E-state index contributed by atoms with van der Waals surface area (Å²) in [5.74, 6) is 0. The smallest absolute Gasteiger partial charge is 0.213 e. The molecular formula is C10H20O4S. The molecule has 0 aromatic rings. The maximum absolute atomic E-state index is 10.3. The average Bonchev–Trinajstić information content (AvgIpc) is 2.25. The molecule has 4 nitrogen and oxygen atoms in total. The van der Waals surface area contributed by atoms with Crippen molar-refractivity contribution in [3.63, 3.8) is 0 Å². The van der Waals surface area contributed by atoms with Crippen LogP contribution in [0.4, 0.5) is 0 Å². The van der Waals surface area contributed by atoms with Gasteiger partial charge in [0.1, 0.15) is 5.60 Å². The summed E-state index contributed by atoms with van der Waals surface area (Å²) >= 11 is 0. The van der Waals surface area contributed by atoms with E-state index in [2.05, 4.69) is 11.3 Å². The molecule has 0 radical (unpaired) electrons. The Hall–Kier alpha value is -0.130. The molecule has 0 amide bonds. The van der Waals surface area contributed by atoms with Gasteiger partial charge in [0.2, 0.25) is 0 Å². The lowest BCUT2D eigenvalue weighted by Gasteiger charge is -2.34. The van der Waals surface area contributed by atoms with E-state index in [0.29, 0.717) is 0 Å². The van der Waals surface area contributed by atoms with E-state index in [4.69, 9.17) is 4.89 Å². The first-order valence-corrected chi connectivity index (χ1v) is 6.78. The first-order chi connectivity index (χ1) is 7.18. The van der Waals surface area contributed by atoms with E-state index < -0.39 is 11.0 Å². The fourth-order valence-electron chi connectivity index (χ4n) is 2.18. The monoisotopic (exact) mass is 236 g/mol. The molecule has 0 spiro atoms. The molecule has 0 aromatic carbocycles. The Kier molecular flexibility index (Phi) is 5.56. The van der Waals surface area contributed by atoms with E-state index in [1.165, 1.54) is 6.42 Å². The van der Waals surface area contributed by atoms with Gasteiger partial charge in [-0.3, -0.25) is 0 Å². The second-order valence-corrected chi connectivity index (χ2v) is 4.82. The highest BCUT2D eigenvalue weighted by atomic mass is 32.2. The molecule has 0 heterocycles. The number of unbranched alkanes of at least 4 members (excludes halogenated alkanes) is 1. The molecule has 0 aromatic heterocycles. The van der Waals surface area contributed by atoms with E-state index in [9.17, 15) is 8.42 Å². The number of hydrogen-bond donors (Lipinski definition) is 1. The molecule has 1 saturated carbocycles. The van der Waals surface area contributed by atoms with Crippen LogP contribution in [0.1, 0.15) is 58.3 Å². The highest BCUT2D eigenvalue weighted by Gasteiger charge is 2.34. The van der Waals surface area contributed by atoms with Gasteiger partial charge in [-0.1, -0.05) is 39.0 Å². The zero-order chi connectivity index (χ0) is 11.1. The van der Waals surface area contributed by atoms with Crippen LogP contribution in [0, 0.1) is 0 Å². The van der Waals surface area contributed by atoms with Crippen molar-refractivity contribution in [1.29, 1.82) is 0 Å². The minimum absolute atomic E-state index is 0.344. The fourth-order valence-corrected chi connectivity index (χ4v) is 2.40. The Labute approximate surface area is 93.0 Å². The standard InChI is InChI=1S/C10H20O4S/c1-2-3-7-10(13-14-15(11)12)8-5-4-6-9-10/h15H,2-9H2,1H3. The van der Waals surface area contributed by atoms with Crippen molar-refractivity contribution in [3.05, 3.63) is 0 Å². The number of hydrogen-bond acceptors (Lipinski definition) is 4. The van der Waals surface area contributed by atoms with Crippen LogP contribution >= 0.6 is 0 Å². The maximum Gasteiger partial charge on any atom is 0.283 e. The molecule has 1 rings (SSSR count). The minimum atomic E-state index is -2.89. The third-order valence-corrected chi connectivity index (χ3v) is 3.22. The minimum Gasteiger partial charge on any atom is -0.213 e. The van der Waals surface area contributed by atoms with Crippen LogP contribution in [0.25, 0.3) is 0 Å². The summed E-state index contributed by atoms with van der Waals surface area (Å²) in [6.07, 6.45) is 8.28. The average molecular weight is 236 g/mol. The highest BCUT2D eigenvalue weighted by Crippen LogP contribution is 2.36. The van der Waals surface area contributed by atoms with E-state index in [-0.39, 0.29) is 5.60 Å². The van der Waals surface area contributed by atoms with Crippen molar-refractivity contribution in [2.24, 2.45) is 0 Å². The third kappa shape index (κ3) is 4.49. The van der Waals surface area contributed by atoms with E-state index in [1.54, 1.807) is 0 Å². The van der Waals surface area contributed by atoms with Gasteiger partial charge in [0, 0.05) is 0 Å². The van der Waals surface area contributed by atoms with Gasteiger partial charge in [0.25, 0.3) is 11.0 Å². The second kappa shape index (κ2) is 6.45. The first-order valence-electron chi connectivity index (χ1n) is 5.69. The van der Waals surface area contributed by atoms with Crippen LogP contribution in [0.15, 0.2) is 0 Å². The van der Waals surface area contributed by atoms with Gasteiger partial charge >= 0.3 is 0 Å². The molecule has 0 saturated heterocycles. The van der Waals surface area contributed by atoms with E-state index >= 15 is 0 Å². The molecule has 1 aliphatic carbocycles. The number of rotatable bonds is 6. The molecular weight excluding hydrogens is 216 g/mol. The highest BCUT2D eigenvalue weighted by molar-refractivity contribution is 7.67. The lowest BCUT2D eigenvalue weighted by molar-refractivity contribution is -0.297. The predicted molar refractivity (Wildman–Crippen MR) is 57.8 cm³/mol. The van der Waals surface area contributed by atoms with Crippen molar-refractivity contribution >= 4 is 11.0 Å². The van der Waals surface area contributed by atoms with Gasteiger partial charge in [-0.05, 0) is 19.3 Å². The Balaban J connectivity index is 2.49. The van der Waals surface area contributed by atoms with Crippen molar-refractivity contribution in [2.45, 2.75) is 63.9 Å². The molecule has 5 heteroatoms. The van der Waals surface area contributed by atoms with Crippen LogP contribution in [-0.2, 0) is 20.2 Å². The molecule has 1 aliphatic rings. The Morgan fingerprint density at radius 1 is 1.20 bits per heavy atom. The summed E-state index contributed by atoms with van der Waals surface area (Å²) in [5, 5.41) is 0. The lowest BCUT2D eigenvalue weighted by atomic mass is 9.81. The normalized spacial score (nSPS) is 20.7. The van der Waals surface area contributed by atoms with Gasteiger partial charge in [-0.25, -0.2) is 13.3 Å². The van der Waals surface area contributed by atoms with Crippen molar-refractivity contribution in [2.75, 3.05) is 0 Å². The summed E-state index contributed by atoms with van der Waals surface area (Å²) in [6.45, 7) is 2.12. The van der Waals surface area contributed by atoms with Gasteiger partial charge < -0.3 is 0 Å². The molecule has 15 heavy (non-hydrogen) atoms. The van der Waals surface area contributed by atoms with Crippen molar-refractivity contribution in [3.8, 4) is 0 Å². The van der Waals surface area contributed by atoms with Gasteiger partial charge in [-0.2, -0.15) is 0 Å². The van der Waals surface area contributed by atoms with Crippen LogP contribution < -0.4 is 0 Å². The number of thiol groups is 1. The van der Waals surface area contributed by atoms with Gasteiger partial charge in [0.15, 0.2) is 0 Å². The van der Waals surface area contributed by atoms with Crippen molar-refractivity contribution < 1.29 is 17.6 Å². The fraction of sp³-hybridized carbons (Fsp3) is 1.00. The second-order valence-electron chi connectivity index (χ2n) is 4.23. The lowest BCUT2D eigenvalue weighted by Crippen LogP contribution is -2.35. The SMILES string of the molecule is CCCCC1(OO[SH](=O)=O)CCCCC1. The van der Waals surface area contributed by atoms with Gasteiger partial charge in [-0.15, -0.1) is 4.33 Å². The zero-order valence-electron chi connectivity index (χ0n) is 9.24. The topological polar surface area (TPSA) is 52.6 Å². The maximum atomic E-state index is 10.3. The largest absolute Gasteiger partial charge is 0.283 e. The van der Waals surface area contributed by atoms with Crippen LogP contribution in [0.5, 0.6) is 0 Å². The van der Waals surface area contributed by atoms with Crippen molar-refractivity contribution in [1.82, 2.24) is 0 Å². The summed E-state index contributed by atoms with van der Waals surface area (Å²) in [6, 6.07) is 0. The Morgan fingerprint density at radius 2 is 1.87 bits per heavy atom. The third-order valence-electron chi connectivity index (χ3n) is 3.03. The summed E-state index contributed by atoms with van der Waals surface area (Å²) in [4.78, 5) is 5.14.